The highest BCUT2D eigenvalue weighted by Crippen LogP contribution is 2.32. The quantitative estimate of drug-likeness (QED) is 0.674. The van der Waals surface area contributed by atoms with E-state index in [1.807, 2.05) is 39.0 Å². The standard InChI is InChI=1S/C13H17IO3.C2H6/c1-9(12(15)17-14)10-8-13(2,3)7-5-6-11(10)16-4;1-2/h5-9H,1-4H3;1-2H3. The van der Waals surface area contributed by atoms with Gasteiger partial charge >= 0.3 is 5.97 Å². The average Bonchev–Trinajstić information content (AvgIpc) is 2.57. The zero-order valence-electron chi connectivity index (χ0n) is 12.5. The molecule has 0 aromatic rings. The third kappa shape index (κ3) is 5.38. The summed E-state index contributed by atoms with van der Waals surface area (Å²) < 4.78 is 10.1. The molecule has 0 radical (unpaired) electrons. The largest absolute Gasteiger partial charge is 0.496 e. The molecule has 19 heavy (non-hydrogen) atoms. The Hall–Kier alpha value is -0.780. The first kappa shape index (κ1) is 18.2. The van der Waals surface area contributed by atoms with Gasteiger partial charge in [-0.3, -0.25) is 4.79 Å². The minimum absolute atomic E-state index is 0.105. The van der Waals surface area contributed by atoms with Crippen molar-refractivity contribution < 1.29 is 12.6 Å². The Bertz CT molecular complexity index is 392. The molecule has 1 atom stereocenters. The van der Waals surface area contributed by atoms with Crippen molar-refractivity contribution in [2.45, 2.75) is 34.6 Å². The third-order valence-corrected chi connectivity index (χ3v) is 3.14. The number of carbonyl (C=O) groups is 1. The van der Waals surface area contributed by atoms with E-state index in [0.29, 0.717) is 5.76 Å². The number of carbonyl (C=O) groups excluding carboxylic acids is 1. The molecule has 1 unspecified atom stereocenters. The molecule has 1 aliphatic carbocycles. The predicted octanol–water partition coefficient (Wildman–Crippen LogP) is 4.59. The van der Waals surface area contributed by atoms with E-state index >= 15 is 0 Å². The molecule has 0 fully saturated rings. The van der Waals surface area contributed by atoms with Crippen LogP contribution in [-0.2, 0) is 12.6 Å². The van der Waals surface area contributed by atoms with E-state index in [9.17, 15) is 4.79 Å². The fraction of sp³-hybridized carbons (Fsp3) is 0.533. The summed E-state index contributed by atoms with van der Waals surface area (Å²) in [6.07, 6.45) is 7.94. The first-order valence-electron chi connectivity index (χ1n) is 6.40. The Balaban J connectivity index is 0.00000154. The second-order valence-corrected chi connectivity index (χ2v) is 5.07. The van der Waals surface area contributed by atoms with Crippen molar-refractivity contribution in [3.63, 3.8) is 0 Å². The molecular weight excluding hydrogens is 355 g/mol. The minimum Gasteiger partial charge on any atom is -0.496 e. The number of hydrogen-bond acceptors (Lipinski definition) is 3. The number of halogens is 1. The molecule has 0 amide bonds. The van der Waals surface area contributed by atoms with Crippen molar-refractivity contribution in [1.29, 1.82) is 0 Å². The maximum Gasteiger partial charge on any atom is 0.322 e. The van der Waals surface area contributed by atoms with Crippen molar-refractivity contribution in [3.05, 3.63) is 35.6 Å². The molecule has 0 heterocycles. The Kier molecular flexibility index (Phi) is 8.06. The molecular formula is C15H23IO3. The van der Waals surface area contributed by atoms with Gasteiger partial charge in [-0.15, -0.1) is 0 Å². The van der Waals surface area contributed by atoms with Crippen LogP contribution < -0.4 is 0 Å². The number of hydrogen-bond donors (Lipinski definition) is 0. The molecule has 0 spiro atoms. The van der Waals surface area contributed by atoms with Gasteiger partial charge in [0.05, 0.1) is 13.0 Å². The number of rotatable bonds is 3. The summed E-state index contributed by atoms with van der Waals surface area (Å²) in [6, 6.07) is 0. The van der Waals surface area contributed by atoms with E-state index in [1.54, 1.807) is 30.1 Å². The molecule has 0 bridgehead atoms. The van der Waals surface area contributed by atoms with Gasteiger partial charge in [-0.05, 0) is 13.0 Å². The lowest BCUT2D eigenvalue weighted by molar-refractivity contribution is -0.134. The predicted molar refractivity (Wildman–Crippen MR) is 86.7 cm³/mol. The van der Waals surface area contributed by atoms with Gasteiger partial charge in [-0.25, -0.2) is 0 Å². The molecule has 0 aliphatic heterocycles. The highest BCUT2D eigenvalue weighted by molar-refractivity contribution is 14.1. The summed E-state index contributed by atoms with van der Waals surface area (Å²) in [5, 5.41) is 0. The molecule has 0 aromatic carbocycles. The fourth-order valence-electron chi connectivity index (χ4n) is 1.72. The monoisotopic (exact) mass is 378 g/mol. The van der Waals surface area contributed by atoms with Gasteiger partial charge in [0.15, 0.2) is 23.0 Å². The highest BCUT2D eigenvalue weighted by Gasteiger charge is 2.26. The van der Waals surface area contributed by atoms with Gasteiger partial charge in [0, 0.05) is 11.0 Å². The van der Waals surface area contributed by atoms with E-state index in [-0.39, 0.29) is 17.3 Å². The van der Waals surface area contributed by atoms with Gasteiger partial charge < -0.3 is 7.80 Å². The van der Waals surface area contributed by atoms with Gasteiger partial charge in [0.1, 0.15) is 5.76 Å². The number of methoxy groups -OCH3 is 1. The summed E-state index contributed by atoms with van der Waals surface area (Å²) in [6.45, 7) is 9.98. The normalized spacial score (nSPS) is 18.1. The van der Waals surface area contributed by atoms with Crippen LogP contribution >= 0.6 is 23.0 Å². The van der Waals surface area contributed by atoms with Crippen molar-refractivity contribution in [1.82, 2.24) is 0 Å². The van der Waals surface area contributed by atoms with Crippen molar-refractivity contribution >= 4 is 29.0 Å². The van der Waals surface area contributed by atoms with Gasteiger partial charge in [-0.2, -0.15) is 0 Å². The number of ether oxygens (including phenoxy) is 1. The molecule has 1 rings (SSSR count). The Labute approximate surface area is 130 Å². The SMILES string of the molecule is CC.COC1=CC=CC(C)(C)C=C1C(C)C(=O)OI. The lowest BCUT2D eigenvalue weighted by Crippen LogP contribution is -2.17. The number of allylic oxidation sites excluding steroid dienone is 5. The van der Waals surface area contributed by atoms with E-state index in [2.05, 4.69) is 19.9 Å². The highest BCUT2D eigenvalue weighted by atomic mass is 127. The van der Waals surface area contributed by atoms with E-state index in [1.165, 1.54) is 0 Å². The Morgan fingerprint density at radius 3 is 2.42 bits per heavy atom. The Morgan fingerprint density at radius 2 is 1.95 bits per heavy atom. The van der Waals surface area contributed by atoms with Crippen LogP contribution in [0.3, 0.4) is 0 Å². The summed E-state index contributed by atoms with van der Waals surface area (Å²) in [5.74, 6) is 0.107. The van der Waals surface area contributed by atoms with Crippen LogP contribution in [0.25, 0.3) is 0 Å². The van der Waals surface area contributed by atoms with Gasteiger partial charge in [0.2, 0.25) is 0 Å². The zero-order valence-corrected chi connectivity index (χ0v) is 14.6. The summed E-state index contributed by atoms with van der Waals surface area (Å²) in [4.78, 5) is 11.6. The topological polar surface area (TPSA) is 35.5 Å². The maximum atomic E-state index is 11.6. The van der Waals surface area contributed by atoms with Crippen LogP contribution in [0.15, 0.2) is 35.6 Å². The first-order valence-corrected chi connectivity index (χ1v) is 7.28. The summed E-state index contributed by atoms with van der Waals surface area (Å²) in [7, 11) is 1.61. The van der Waals surface area contributed by atoms with Gasteiger partial charge in [-0.1, -0.05) is 45.9 Å². The second kappa shape index (κ2) is 8.40. The van der Waals surface area contributed by atoms with E-state index < -0.39 is 0 Å². The fourth-order valence-corrected chi connectivity index (χ4v) is 2.10. The third-order valence-electron chi connectivity index (χ3n) is 2.70. The molecule has 0 aromatic heterocycles. The lowest BCUT2D eigenvalue weighted by atomic mass is 9.87. The molecule has 0 saturated carbocycles. The van der Waals surface area contributed by atoms with Crippen LogP contribution in [0.5, 0.6) is 0 Å². The van der Waals surface area contributed by atoms with E-state index in [4.69, 9.17) is 7.80 Å². The van der Waals surface area contributed by atoms with Crippen LogP contribution in [0.1, 0.15) is 34.6 Å². The van der Waals surface area contributed by atoms with Crippen molar-refractivity contribution in [2.24, 2.45) is 11.3 Å². The van der Waals surface area contributed by atoms with Crippen LogP contribution in [0, 0.1) is 11.3 Å². The van der Waals surface area contributed by atoms with Crippen molar-refractivity contribution in [3.8, 4) is 0 Å². The molecule has 0 N–H and O–H groups in total. The smallest absolute Gasteiger partial charge is 0.322 e. The first-order chi connectivity index (χ1) is 8.91. The van der Waals surface area contributed by atoms with Crippen LogP contribution in [0.2, 0.25) is 0 Å². The molecule has 4 heteroatoms. The second-order valence-electron chi connectivity index (χ2n) is 4.63. The minimum atomic E-state index is -0.336. The lowest BCUT2D eigenvalue weighted by Gasteiger charge is -2.20. The van der Waals surface area contributed by atoms with Crippen molar-refractivity contribution in [2.75, 3.05) is 7.11 Å². The zero-order chi connectivity index (χ0) is 15.1. The van der Waals surface area contributed by atoms with Crippen LogP contribution in [-0.4, -0.2) is 13.1 Å². The maximum absolute atomic E-state index is 11.6. The Morgan fingerprint density at radius 1 is 1.37 bits per heavy atom. The summed E-state index contributed by atoms with van der Waals surface area (Å²) in [5.41, 5.74) is 0.760. The van der Waals surface area contributed by atoms with Gasteiger partial charge in [0.25, 0.3) is 0 Å². The summed E-state index contributed by atoms with van der Waals surface area (Å²) >= 11 is 1.61. The van der Waals surface area contributed by atoms with Crippen LogP contribution in [0.4, 0.5) is 0 Å². The molecule has 0 saturated heterocycles. The average molecular weight is 378 g/mol. The molecule has 3 nitrogen and oxygen atoms in total. The van der Waals surface area contributed by atoms with E-state index in [0.717, 1.165) is 5.57 Å². The molecule has 1 aliphatic rings. The molecule has 108 valence electrons.